The monoisotopic (exact) mass is 254 g/mol. The summed E-state index contributed by atoms with van der Waals surface area (Å²) in [6, 6.07) is 0.315. The van der Waals surface area contributed by atoms with E-state index in [1.807, 2.05) is 0 Å². The van der Waals surface area contributed by atoms with E-state index in [-0.39, 0.29) is 11.8 Å². The molecule has 0 aromatic heterocycles. The first kappa shape index (κ1) is 15.5. The van der Waals surface area contributed by atoms with Crippen molar-refractivity contribution in [2.24, 2.45) is 23.7 Å². The molecule has 1 amide bonds. The predicted octanol–water partition coefficient (Wildman–Crippen LogP) is 2.42. The maximum absolute atomic E-state index is 12.2. The Hall–Kier alpha value is -0.570. The van der Waals surface area contributed by atoms with Gasteiger partial charge in [-0.1, -0.05) is 27.7 Å². The second-order valence-corrected chi connectivity index (χ2v) is 6.39. The van der Waals surface area contributed by atoms with Crippen LogP contribution in [0.25, 0.3) is 0 Å². The van der Waals surface area contributed by atoms with Crippen molar-refractivity contribution in [3.8, 4) is 0 Å². The molecule has 1 saturated heterocycles. The Balaban J connectivity index is 2.44. The highest BCUT2D eigenvalue weighted by Crippen LogP contribution is 2.21. The third kappa shape index (κ3) is 4.27. The van der Waals surface area contributed by atoms with Gasteiger partial charge in [-0.2, -0.15) is 0 Å². The minimum Gasteiger partial charge on any atom is -0.356 e. The molecular formula is C15H30N2O. The van der Waals surface area contributed by atoms with E-state index in [0.29, 0.717) is 23.8 Å². The van der Waals surface area contributed by atoms with Crippen LogP contribution in [0.15, 0.2) is 0 Å². The third-order valence-electron chi connectivity index (χ3n) is 4.32. The SMILES string of the molecule is CC(C)C(CNC(=O)C1CCCNC1C)C(C)C. The number of rotatable bonds is 5. The van der Waals surface area contributed by atoms with Crippen molar-refractivity contribution in [2.75, 3.05) is 13.1 Å². The number of hydrogen-bond acceptors (Lipinski definition) is 2. The van der Waals surface area contributed by atoms with Gasteiger partial charge in [-0.15, -0.1) is 0 Å². The largest absolute Gasteiger partial charge is 0.356 e. The fraction of sp³-hybridized carbons (Fsp3) is 0.933. The van der Waals surface area contributed by atoms with Crippen LogP contribution in [0.5, 0.6) is 0 Å². The van der Waals surface area contributed by atoms with E-state index in [2.05, 4.69) is 45.3 Å². The van der Waals surface area contributed by atoms with Crippen LogP contribution in [-0.2, 0) is 4.79 Å². The van der Waals surface area contributed by atoms with Gasteiger partial charge in [0.25, 0.3) is 0 Å². The molecular weight excluding hydrogens is 224 g/mol. The summed E-state index contributed by atoms with van der Waals surface area (Å²) in [5, 5.41) is 6.55. The first-order valence-electron chi connectivity index (χ1n) is 7.44. The molecule has 3 heteroatoms. The smallest absolute Gasteiger partial charge is 0.224 e. The highest BCUT2D eigenvalue weighted by atomic mass is 16.1. The highest BCUT2D eigenvalue weighted by Gasteiger charge is 2.28. The van der Waals surface area contributed by atoms with Gasteiger partial charge in [0.05, 0.1) is 5.92 Å². The van der Waals surface area contributed by atoms with Crippen molar-refractivity contribution in [3.63, 3.8) is 0 Å². The van der Waals surface area contributed by atoms with Crippen molar-refractivity contribution in [1.29, 1.82) is 0 Å². The first-order valence-corrected chi connectivity index (χ1v) is 7.44. The van der Waals surface area contributed by atoms with Crippen molar-refractivity contribution in [1.82, 2.24) is 10.6 Å². The minimum atomic E-state index is 0.152. The quantitative estimate of drug-likeness (QED) is 0.791. The zero-order valence-corrected chi connectivity index (χ0v) is 12.6. The lowest BCUT2D eigenvalue weighted by Gasteiger charge is -2.31. The van der Waals surface area contributed by atoms with E-state index in [1.54, 1.807) is 0 Å². The standard InChI is InChI=1S/C15H30N2O/c1-10(2)14(11(3)4)9-17-15(18)13-7-6-8-16-12(13)5/h10-14,16H,6-9H2,1-5H3,(H,17,18). The molecule has 1 aliphatic heterocycles. The van der Waals surface area contributed by atoms with E-state index in [9.17, 15) is 4.79 Å². The first-order chi connectivity index (χ1) is 8.43. The molecule has 0 saturated carbocycles. The van der Waals surface area contributed by atoms with E-state index in [1.165, 1.54) is 0 Å². The second kappa shape index (κ2) is 7.13. The molecule has 0 bridgehead atoms. The zero-order valence-electron chi connectivity index (χ0n) is 12.6. The molecule has 0 aliphatic carbocycles. The summed E-state index contributed by atoms with van der Waals surface area (Å²) in [6.07, 6.45) is 2.13. The van der Waals surface area contributed by atoms with Gasteiger partial charge in [0.1, 0.15) is 0 Å². The number of nitrogens with one attached hydrogen (secondary N) is 2. The minimum absolute atomic E-state index is 0.152. The Morgan fingerprint density at radius 2 is 1.89 bits per heavy atom. The molecule has 18 heavy (non-hydrogen) atoms. The average Bonchev–Trinajstić information content (AvgIpc) is 2.28. The zero-order chi connectivity index (χ0) is 13.7. The molecule has 3 nitrogen and oxygen atoms in total. The summed E-state index contributed by atoms with van der Waals surface area (Å²) in [7, 11) is 0. The molecule has 0 aromatic carbocycles. The van der Waals surface area contributed by atoms with Crippen LogP contribution in [0.3, 0.4) is 0 Å². The molecule has 0 spiro atoms. The van der Waals surface area contributed by atoms with E-state index >= 15 is 0 Å². The molecule has 2 N–H and O–H groups in total. The van der Waals surface area contributed by atoms with Crippen LogP contribution in [0, 0.1) is 23.7 Å². The van der Waals surface area contributed by atoms with E-state index < -0.39 is 0 Å². The number of carbonyl (C=O) groups is 1. The van der Waals surface area contributed by atoms with Crippen LogP contribution >= 0.6 is 0 Å². The topological polar surface area (TPSA) is 41.1 Å². The third-order valence-corrected chi connectivity index (χ3v) is 4.32. The summed E-state index contributed by atoms with van der Waals surface area (Å²) in [5.74, 6) is 2.19. The normalized spacial score (nSPS) is 24.9. The lowest BCUT2D eigenvalue weighted by atomic mass is 9.85. The summed E-state index contributed by atoms with van der Waals surface area (Å²) in [6.45, 7) is 12.9. The van der Waals surface area contributed by atoms with Crippen LogP contribution in [-0.4, -0.2) is 25.0 Å². The summed E-state index contributed by atoms with van der Waals surface area (Å²) in [5.41, 5.74) is 0. The van der Waals surface area contributed by atoms with Crippen molar-refractivity contribution in [2.45, 2.75) is 53.5 Å². The van der Waals surface area contributed by atoms with Crippen LogP contribution in [0.2, 0.25) is 0 Å². The summed E-state index contributed by atoms with van der Waals surface area (Å²) >= 11 is 0. The summed E-state index contributed by atoms with van der Waals surface area (Å²) in [4.78, 5) is 12.2. The van der Waals surface area contributed by atoms with Gasteiger partial charge in [-0.3, -0.25) is 4.79 Å². The van der Waals surface area contributed by atoms with E-state index in [4.69, 9.17) is 0 Å². The van der Waals surface area contributed by atoms with Crippen LogP contribution in [0.4, 0.5) is 0 Å². The van der Waals surface area contributed by atoms with Gasteiger partial charge in [-0.05, 0) is 44.1 Å². The Morgan fingerprint density at radius 3 is 2.39 bits per heavy atom. The molecule has 2 unspecified atom stereocenters. The van der Waals surface area contributed by atoms with Crippen molar-refractivity contribution in [3.05, 3.63) is 0 Å². The maximum Gasteiger partial charge on any atom is 0.224 e. The Bertz CT molecular complexity index is 255. The van der Waals surface area contributed by atoms with Crippen molar-refractivity contribution < 1.29 is 4.79 Å². The van der Waals surface area contributed by atoms with Crippen molar-refractivity contribution >= 4 is 5.91 Å². The van der Waals surface area contributed by atoms with Gasteiger partial charge in [0.15, 0.2) is 0 Å². The molecule has 1 heterocycles. The average molecular weight is 254 g/mol. The number of amides is 1. The van der Waals surface area contributed by atoms with Gasteiger partial charge in [0.2, 0.25) is 5.91 Å². The molecule has 0 radical (unpaired) electrons. The fourth-order valence-electron chi connectivity index (χ4n) is 2.99. The summed E-state index contributed by atoms with van der Waals surface area (Å²) < 4.78 is 0. The molecule has 0 aromatic rings. The molecule has 1 aliphatic rings. The van der Waals surface area contributed by atoms with Gasteiger partial charge >= 0.3 is 0 Å². The Morgan fingerprint density at radius 1 is 1.28 bits per heavy atom. The number of carbonyl (C=O) groups excluding carboxylic acids is 1. The maximum atomic E-state index is 12.2. The molecule has 1 rings (SSSR count). The molecule has 1 fully saturated rings. The highest BCUT2D eigenvalue weighted by molar-refractivity contribution is 5.79. The van der Waals surface area contributed by atoms with E-state index in [0.717, 1.165) is 25.9 Å². The Kier molecular flexibility index (Phi) is 6.13. The Labute approximate surface area is 112 Å². The van der Waals surface area contributed by atoms with Crippen LogP contribution < -0.4 is 10.6 Å². The molecule has 2 atom stereocenters. The van der Waals surface area contributed by atoms with Crippen LogP contribution in [0.1, 0.15) is 47.5 Å². The molecule has 106 valence electrons. The second-order valence-electron chi connectivity index (χ2n) is 6.39. The number of hydrogen-bond donors (Lipinski definition) is 2. The van der Waals surface area contributed by atoms with Gasteiger partial charge in [-0.25, -0.2) is 0 Å². The number of piperidine rings is 1. The van der Waals surface area contributed by atoms with Gasteiger partial charge in [0, 0.05) is 12.6 Å². The lowest BCUT2D eigenvalue weighted by Crippen LogP contribution is -2.48. The fourth-order valence-corrected chi connectivity index (χ4v) is 2.99. The lowest BCUT2D eigenvalue weighted by molar-refractivity contribution is -0.126. The van der Waals surface area contributed by atoms with Gasteiger partial charge < -0.3 is 10.6 Å². The predicted molar refractivity (Wildman–Crippen MR) is 76.4 cm³/mol.